The van der Waals surface area contributed by atoms with E-state index in [0.717, 1.165) is 57.8 Å². The molecule has 6 rings (SSSR count). The Bertz CT molecular complexity index is 2120. The molecule has 0 saturated heterocycles. The molecular weight excluding hydrogens is 641 g/mol. The number of hydrogen-bond donors (Lipinski definition) is 1. The van der Waals surface area contributed by atoms with Gasteiger partial charge in [-0.05, 0) is 84.8 Å². The van der Waals surface area contributed by atoms with E-state index in [1.165, 1.54) is 12.1 Å². The number of sulfonamides is 1. The summed E-state index contributed by atoms with van der Waals surface area (Å²) in [5.41, 5.74) is 7.13. The third kappa shape index (κ3) is 7.12. The molecule has 0 saturated carbocycles. The van der Waals surface area contributed by atoms with Crippen LogP contribution < -0.4 is 18.9 Å². The summed E-state index contributed by atoms with van der Waals surface area (Å²) in [7, 11) is -4.20. The summed E-state index contributed by atoms with van der Waals surface area (Å²) < 4.78 is 48.7. The quantitative estimate of drug-likeness (QED) is 0.148. The lowest BCUT2D eigenvalue weighted by Gasteiger charge is -2.22. The van der Waals surface area contributed by atoms with E-state index in [1.54, 1.807) is 30.3 Å². The number of pyridine rings is 1. The van der Waals surface area contributed by atoms with Crippen LogP contribution in [-0.4, -0.2) is 35.7 Å². The lowest BCUT2D eigenvalue weighted by atomic mass is 10.0. The summed E-state index contributed by atoms with van der Waals surface area (Å²) in [5, 5.41) is 0. The second-order valence-electron chi connectivity index (χ2n) is 12.7. The normalized spacial score (nSPS) is 13.2. The van der Waals surface area contributed by atoms with Crippen molar-refractivity contribution in [2.75, 3.05) is 6.79 Å². The molecule has 1 N–H and O–H groups in total. The molecule has 2 aromatic heterocycles. The minimum atomic E-state index is -4.20. The van der Waals surface area contributed by atoms with Crippen molar-refractivity contribution in [3.8, 4) is 17.2 Å². The molecule has 0 bridgehead atoms. The van der Waals surface area contributed by atoms with E-state index in [1.807, 2.05) is 39.0 Å². The summed E-state index contributed by atoms with van der Waals surface area (Å²) in [6.45, 7) is 12.9. The number of nitrogens with one attached hydrogen (secondary N) is 1. The fourth-order valence-corrected chi connectivity index (χ4v) is 7.11. The number of nitrogens with zero attached hydrogens (tertiary/aromatic N) is 3. The molecule has 5 aromatic rings. The van der Waals surface area contributed by atoms with Crippen molar-refractivity contribution in [3.05, 3.63) is 106 Å². The summed E-state index contributed by atoms with van der Waals surface area (Å²) in [6.07, 6.45) is 0.964. The number of hydrogen-bond acceptors (Lipinski definition) is 8. The summed E-state index contributed by atoms with van der Waals surface area (Å²) in [6, 6.07) is 19.5. The Kier molecular flexibility index (Phi) is 9.65. The maximum atomic E-state index is 13.9. The summed E-state index contributed by atoms with van der Waals surface area (Å²) >= 11 is 0. The third-order valence-corrected chi connectivity index (χ3v) is 10.0. The number of ether oxygens (including phenoxy) is 3. The van der Waals surface area contributed by atoms with Crippen LogP contribution in [0.5, 0.6) is 17.2 Å². The minimum absolute atomic E-state index is 0.0101. The average molecular weight is 683 g/mol. The Hall–Kier alpha value is -4.90. The zero-order chi connectivity index (χ0) is 34.9. The predicted molar refractivity (Wildman–Crippen MR) is 188 cm³/mol. The Morgan fingerprint density at radius 2 is 1.67 bits per heavy atom. The highest BCUT2D eigenvalue weighted by Gasteiger charge is 2.30. The van der Waals surface area contributed by atoms with E-state index in [2.05, 4.69) is 36.1 Å². The van der Waals surface area contributed by atoms with Gasteiger partial charge < -0.3 is 18.8 Å². The molecule has 0 spiro atoms. The van der Waals surface area contributed by atoms with Gasteiger partial charge in [-0.25, -0.2) is 23.1 Å². The first-order valence-electron chi connectivity index (χ1n) is 16.6. The van der Waals surface area contributed by atoms with Gasteiger partial charge in [-0.2, -0.15) is 0 Å². The van der Waals surface area contributed by atoms with Gasteiger partial charge in [0.1, 0.15) is 17.1 Å². The first-order chi connectivity index (χ1) is 23.5. The summed E-state index contributed by atoms with van der Waals surface area (Å²) in [5.74, 6) is 1.83. The van der Waals surface area contributed by atoms with Gasteiger partial charge in [-0.3, -0.25) is 4.79 Å². The van der Waals surface area contributed by atoms with Crippen molar-refractivity contribution in [1.82, 2.24) is 19.3 Å². The highest BCUT2D eigenvalue weighted by atomic mass is 32.2. The Labute approximate surface area is 287 Å². The van der Waals surface area contributed by atoms with E-state index in [9.17, 15) is 13.2 Å². The third-order valence-electron chi connectivity index (χ3n) is 8.68. The average Bonchev–Trinajstić information content (AvgIpc) is 3.68. The Balaban J connectivity index is 1.33. The van der Waals surface area contributed by atoms with Gasteiger partial charge in [0.05, 0.1) is 11.4 Å². The van der Waals surface area contributed by atoms with Crippen LogP contribution in [0.2, 0.25) is 0 Å². The number of aromatic nitrogens is 3. The van der Waals surface area contributed by atoms with Gasteiger partial charge in [0.2, 0.25) is 12.9 Å². The second-order valence-corrected chi connectivity index (χ2v) is 14.4. The van der Waals surface area contributed by atoms with E-state index in [0.29, 0.717) is 35.8 Å². The highest BCUT2D eigenvalue weighted by molar-refractivity contribution is 7.90. The van der Waals surface area contributed by atoms with Crippen molar-refractivity contribution in [1.29, 1.82) is 0 Å². The summed E-state index contributed by atoms with van der Waals surface area (Å²) in [4.78, 5) is 23.6. The molecule has 1 atom stereocenters. The van der Waals surface area contributed by atoms with Crippen molar-refractivity contribution in [2.24, 2.45) is 0 Å². The fraction of sp³-hybridized carbons (Fsp3) is 0.342. The molecule has 0 aliphatic carbocycles. The maximum absolute atomic E-state index is 13.9. The molecule has 10 nitrogen and oxygen atoms in total. The monoisotopic (exact) mass is 682 g/mol. The van der Waals surface area contributed by atoms with E-state index >= 15 is 0 Å². The van der Waals surface area contributed by atoms with Crippen molar-refractivity contribution < 1.29 is 27.4 Å². The lowest BCUT2D eigenvalue weighted by molar-refractivity contribution is -0.126. The van der Waals surface area contributed by atoms with Crippen LogP contribution in [0.15, 0.2) is 71.6 Å². The largest absolute Gasteiger partial charge is 0.475 e. The zero-order valence-corrected chi connectivity index (χ0v) is 29.6. The molecule has 11 heteroatoms. The second kappa shape index (κ2) is 13.9. The lowest BCUT2D eigenvalue weighted by Crippen LogP contribution is -2.37. The molecule has 1 aliphatic rings. The van der Waals surface area contributed by atoms with E-state index in [4.69, 9.17) is 24.2 Å². The van der Waals surface area contributed by atoms with Crippen LogP contribution in [0, 0.1) is 13.8 Å². The number of carbonyl (C=O) groups is 1. The van der Waals surface area contributed by atoms with Crippen LogP contribution in [0.3, 0.4) is 0 Å². The number of amides is 1. The van der Waals surface area contributed by atoms with Crippen LogP contribution in [-0.2, 0) is 34.2 Å². The Morgan fingerprint density at radius 1 is 0.939 bits per heavy atom. The van der Waals surface area contributed by atoms with Crippen molar-refractivity contribution in [2.45, 2.75) is 84.3 Å². The molecule has 1 aliphatic heterocycles. The number of carbonyl (C=O) groups excluding carboxylic acids is 1. The topological polar surface area (TPSA) is 122 Å². The Morgan fingerprint density at radius 3 is 2.39 bits per heavy atom. The molecule has 49 heavy (non-hydrogen) atoms. The number of fused-ring (bicyclic) bond motifs is 2. The fourth-order valence-electron chi connectivity index (χ4n) is 6.13. The van der Waals surface area contributed by atoms with Crippen molar-refractivity contribution >= 4 is 27.1 Å². The first kappa shape index (κ1) is 34.0. The number of aryl methyl sites for hydroxylation is 4. The highest BCUT2D eigenvalue weighted by Crippen LogP contribution is 2.36. The maximum Gasteiger partial charge on any atom is 0.279 e. The molecule has 256 valence electrons. The van der Waals surface area contributed by atoms with Gasteiger partial charge in [0.25, 0.3) is 15.9 Å². The van der Waals surface area contributed by atoms with Crippen LogP contribution >= 0.6 is 0 Å². The van der Waals surface area contributed by atoms with Gasteiger partial charge in [0, 0.05) is 17.7 Å². The molecule has 0 fully saturated rings. The molecule has 3 aromatic carbocycles. The molecule has 1 amide bonds. The van der Waals surface area contributed by atoms with Crippen LogP contribution in [0.1, 0.15) is 85.5 Å². The predicted octanol–water partition coefficient (Wildman–Crippen LogP) is 7.09. The number of benzene rings is 3. The molecule has 0 radical (unpaired) electrons. The van der Waals surface area contributed by atoms with E-state index < -0.39 is 22.0 Å². The van der Waals surface area contributed by atoms with Crippen LogP contribution in [0.25, 0.3) is 11.2 Å². The molecular formula is C38H42N4O6S. The van der Waals surface area contributed by atoms with Gasteiger partial charge in [0.15, 0.2) is 17.1 Å². The SMILES string of the molecule is CCCc1cc(Cn2c(CC)nc3c(C)cc(C)nc32)ccc1OC(C(=O)NS(=O)(=O)c1ccc(C(C)C)cc1)c1ccc2c(c1)OCO2. The van der Waals surface area contributed by atoms with Crippen LogP contribution in [0.4, 0.5) is 0 Å². The number of rotatable bonds is 12. The smallest absolute Gasteiger partial charge is 0.279 e. The molecule has 3 heterocycles. The zero-order valence-electron chi connectivity index (χ0n) is 28.7. The molecule has 1 unspecified atom stereocenters. The number of imidazole rings is 1. The first-order valence-corrected chi connectivity index (χ1v) is 18.1. The van der Waals surface area contributed by atoms with Crippen molar-refractivity contribution in [3.63, 3.8) is 0 Å². The van der Waals surface area contributed by atoms with Gasteiger partial charge >= 0.3 is 0 Å². The standard InChI is InChI=1S/C38H42N4O6S/c1-7-9-28-19-26(21-42-34(8-2)40-35-24(5)18-25(6)39-37(35)42)10-16-31(28)48-36(29-13-17-32-33(20-29)47-22-46-32)38(43)41-49(44,45)30-14-11-27(12-15-30)23(3)4/h10-20,23,36H,7-9,21-22H2,1-6H3,(H,41,43). The van der Waals surface area contributed by atoms with Gasteiger partial charge in [-0.1, -0.05) is 64.4 Å². The van der Waals surface area contributed by atoms with Gasteiger partial charge in [-0.15, -0.1) is 0 Å². The minimum Gasteiger partial charge on any atom is -0.475 e. The van der Waals surface area contributed by atoms with E-state index in [-0.39, 0.29) is 17.6 Å².